The number of aromatic nitrogens is 4. The van der Waals surface area contributed by atoms with Crippen LogP contribution in [0.25, 0.3) is 28.2 Å². The predicted molar refractivity (Wildman–Crippen MR) is 116 cm³/mol. The van der Waals surface area contributed by atoms with Gasteiger partial charge in [0.1, 0.15) is 17.0 Å². The molecule has 0 aliphatic heterocycles. The van der Waals surface area contributed by atoms with Gasteiger partial charge in [-0.15, -0.1) is 0 Å². The van der Waals surface area contributed by atoms with E-state index in [0.717, 1.165) is 12.0 Å². The third kappa shape index (κ3) is 3.50. The first kappa shape index (κ1) is 20.1. The lowest BCUT2D eigenvalue weighted by atomic mass is 10.1. The van der Waals surface area contributed by atoms with Gasteiger partial charge in [0.2, 0.25) is 0 Å². The number of benzene rings is 2. The summed E-state index contributed by atoms with van der Waals surface area (Å²) in [6, 6.07) is 12.7. The first-order chi connectivity index (χ1) is 15.0. The van der Waals surface area contributed by atoms with E-state index < -0.39 is 11.6 Å². The van der Waals surface area contributed by atoms with Crippen molar-refractivity contribution in [2.24, 2.45) is 5.73 Å². The SMILES string of the molecule is CCc1ccc(-c2nc(C(N)=O)c3[nH]c(=O)n(-c4ccc(OC)cc4OC)c3n2)cc1. The molecule has 4 rings (SSSR count). The lowest BCUT2D eigenvalue weighted by molar-refractivity contribution is 0.0997. The molecule has 1 amide bonds. The summed E-state index contributed by atoms with van der Waals surface area (Å²) in [6.07, 6.45) is 0.890. The standard InChI is InChI=1S/C22H21N5O4/c1-4-12-5-7-13(8-6-12)20-24-17(19(23)28)18-21(26-20)27(22(29)25-18)15-10-9-14(30-2)11-16(15)31-3/h5-11H,4H2,1-3H3,(H2,23,28)(H,25,29). The van der Waals surface area contributed by atoms with E-state index in [2.05, 4.69) is 21.9 Å². The molecule has 0 fully saturated rings. The Morgan fingerprint density at radius 1 is 1.10 bits per heavy atom. The van der Waals surface area contributed by atoms with E-state index in [0.29, 0.717) is 22.7 Å². The van der Waals surface area contributed by atoms with Crippen molar-refractivity contribution in [2.75, 3.05) is 14.2 Å². The quantitative estimate of drug-likeness (QED) is 0.495. The molecule has 9 nitrogen and oxygen atoms in total. The molecule has 2 heterocycles. The number of rotatable bonds is 6. The average Bonchev–Trinajstić information content (AvgIpc) is 3.13. The summed E-state index contributed by atoms with van der Waals surface area (Å²) in [4.78, 5) is 36.5. The summed E-state index contributed by atoms with van der Waals surface area (Å²) in [5.41, 5.74) is 7.64. The predicted octanol–water partition coefficient (Wildman–Crippen LogP) is 2.45. The van der Waals surface area contributed by atoms with Crippen LogP contribution in [0, 0.1) is 0 Å². The fourth-order valence-electron chi connectivity index (χ4n) is 3.37. The number of nitrogens with zero attached hydrogens (tertiary/aromatic N) is 3. The molecule has 4 aromatic rings. The highest BCUT2D eigenvalue weighted by atomic mass is 16.5. The molecule has 0 saturated heterocycles. The van der Waals surface area contributed by atoms with Crippen molar-refractivity contribution in [3.05, 3.63) is 64.2 Å². The number of primary amides is 1. The van der Waals surface area contributed by atoms with Gasteiger partial charge in [-0.3, -0.25) is 4.79 Å². The number of imidazole rings is 1. The lowest BCUT2D eigenvalue weighted by Crippen LogP contribution is -2.16. The number of aromatic amines is 1. The van der Waals surface area contributed by atoms with Crippen LogP contribution in [0.3, 0.4) is 0 Å². The third-order valence-electron chi connectivity index (χ3n) is 5.02. The summed E-state index contributed by atoms with van der Waals surface area (Å²) in [5, 5.41) is 0. The molecule has 0 aliphatic rings. The molecule has 0 saturated carbocycles. The van der Waals surface area contributed by atoms with Crippen molar-refractivity contribution in [3.63, 3.8) is 0 Å². The van der Waals surface area contributed by atoms with Crippen molar-refractivity contribution < 1.29 is 14.3 Å². The second kappa shape index (κ2) is 7.94. The van der Waals surface area contributed by atoms with Crippen LogP contribution in [0.1, 0.15) is 23.0 Å². The number of hydrogen-bond acceptors (Lipinski definition) is 6. The van der Waals surface area contributed by atoms with Gasteiger partial charge in [0.05, 0.1) is 19.9 Å². The summed E-state index contributed by atoms with van der Waals surface area (Å²) < 4.78 is 12.0. The van der Waals surface area contributed by atoms with E-state index in [1.807, 2.05) is 24.3 Å². The third-order valence-corrected chi connectivity index (χ3v) is 5.02. The Bertz CT molecular complexity index is 1340. The fourth-order valence-corrected chi connectivity index (χ4v) is 3.37. The molecule has 158 valence electrons. The molecule has 31 heavy (non-hydrogen) atoms. The number of nitrogens with one attached hydrogen (secondary N) is 1. The maximum absolute atomic E-state index is 12.9. The van der Waals surface area contributed by atoms with Crippen LogP contribution in [0.4, 0.5) is 0 Å². The number of H-pyrrole nitrogens is 1. The fraction of sp³-hybridized carbons (Fsp3) is 0.182. The molecule has 0 atom stereocenters. The Balaban J connectivity index is 2.01. The molecule has 0 unspecified atom stereocenters. The number of carbonyl (C=O) groups excluding carboxylic acids is 1. The maximum Gasteiger partial charge on any atom is 0.332 e. The summed E-state index contributed by atoms with van der Waals surface area (Å²) in [7, 11) is 3.03. The van der Waals surface area contributed by atoms with Crippen molar-refractivity contribution in [1.29, 1.82) is 0 Å². The molecule has 0 spiro atoms. The number of amides is 1. The number of hydrogen-bond donors (Lipinski definition) is 2. The van der Waals surface area contributed by atoms with Gasteiger partial charge in [-0.1, -0.05) is 31.2 Å². The molecule has 9 heteroatoms. The minimum Gasteiger partial charge on any atom is -0.497 e. The Morgan fingerprint density at radius 2 is 1.84 bits per heavy atom. The van der Waals surface area contributed by atoms with Gasteiger partial charge >= 0.3 is 5.69 Å². The van der Waals surface area contributed by atoms with E-state index >= 15 is 0 Å². The highest BCUT2D eigenvalue weighted by Crippen LogP contribution is 2.30. The number of ether oxygens (including phenoxy) is 2. The first-order valence-electron chi connectivity index (χ1n) is 9.61. The highest BCUT2D eigenvalue weighted by molar-refractivity contribution is 6.02. The summed E-state index contributed by atoms with van der Waals surface area (Å²) >= 11 is 0. The number of aryl methyl sites for hydroxylation is 1. The van der Waals surface area contributed by atoms with Crippen molar-refractivity contribution >= 4 is 17.1 Å². The Kier molecular flexibility index (Phi) is 5.16. The zero-order valence-corrected chi connectivity index (χ0v) is 17.3. The van der Waals surface area contributed by atoms with Gasteiger partial charge in [-0.25, -0.2) is 19.3 Å². The topological polar surface area (TPSA) is 125 Å². The molecule has 0 bridgehead atoms. The van der Waals surface area contributed by atoms with Crippen molar-refractivity contribution in [3.8, 4) is 28.6 Å². The Morgan fingerprint density at radius 3 is 2.45 bits per heavy atom. The van der Waals surface area contributed by atoms with Crippen LogP contribution < -0.4 is 20.9 Å². The van der Waals surface area contributed by atoms with Crippen LogP contribution in [-0.2, 0) is 6.42 Å². The first-order valence-corrected chi connectivity index (χ1v) is 9.61. The number of nitrogens with two attached hydrogens (primary N) is 1. The van der Waals surface area contributed by atoms with Gasteiger partial charge in [-0.05, 0) is 24.1 Å². The van der Waals surface area contributed by atoms with E-state index in [-0.39, 0.29) is 22.7 Å². The van der Waals surface area contributed by atoms with Crippen LogP contribution >= 0.6 is 0 Å². The molecule has 2 aromatic heterocycles. The number of methoxy groups -OCH3 is 2. The zero-order chi connectivity index (χ0) is 22.1. The second-order valence-electron chi connectivity index (χ2n) is 6.81. The normalized spacial score (nSPS) is 10.9. The summed E-state index contributed by atoms with van der Waals surface area (Å²) in [5.74, 6) is 0.478. The Hall–Kier alpha value is -4.14. The van der Waals surface area contributed by atoms with Crippen LogP contribution in [0.2, 0.25) is 0 Å². The monoisotopic (exact) mass is 419 g/mol. The van der Waals surface area contributed by atoms with Crippen LogP contribution in [0.15, 0.2) is 47.3 Å². The van der Waals surface area contributed by atoms with Crippen LogP contribution in [-0.4, -0.2) is 39.6 Å². The van der Waals surface area contributed by atoms with Gasteiger partial charge in [0, 0.05) is 11.6 Å². The smallest absolute Gasteiger partial charge is 0.332 e. The average molecular weight is 419 g/mol. The van der Waals surface area contributed by atoms with Gasteiger partial charge in [0.15, 0.2) is 17.2 Å². The molecular formula is C22H21N5O4. The number of fused-ring (bicyclic) bond motifs is 1. The van der Waals surface area contributed by atoms with Gasteiger partial charge < -0.3 is 20.2 Å². The van der Waals surface area contributed by atoms with E-state index in [4.69, 9.17) is 15.2 Å². The highest BCUT2D eigenvalue weighted by Gasteiger charge is 2.22. The Labute approximate surface area is 177 Å². The summed E-state index contributed by atoms with van der Waals surface area (Å²) in [6.45, 7) is 2.06. The lowest BCUT2D eigenvalue weighted by Gasteiger charge is -2.11. The largest absolute Gasteiger partial charge is 0.497 e. The molecule has 0 radical (unpaired) electrons. The molecular weight excluding hydrogens is 398 g/mol. The van der Waals surface area contributed by atoms with Crippen LogP contribution in [0.5, 0.6) is 11.5 Å². The van der Waals surface area contributed by atoms with E-state index in [1.54, 1.807) is 18.2 Å². The molecule has 0 aliphatic carbocycles. The van der Waals surface area contributed by atoms with Crippen molar-refractivity contribution in [1.82, 2.24) is 19.5 Å². The number of carbonyl (C=O) groups is 1. The molecule has 3 N–H and O–H groups in total. The second-order valence-corrected chi connectivity index (χ2v) is 6.81. The maximum atomic E-state index is 12.9. The van der Waals surface area contributed by atoms with E-state index in [1.165, 1.54) is 18.8 Å². The molecule has 2 aromatic carbocycles. The van der Waals surface area contributed by atoms with Gasteiger partial charge in [0.25, 0.3) is 5.91 Å². The van der Waals surface area contributed by atoms with Crippen molar-refractivity contribution in [2.45, 2.75) is 13.3 Å². The minimum atomic E-state index is -0.770. The van der Waals surface area contributed by atoms with E-state index in [9.17, 15) is 9.59 Å². The zero-order valence-electron chi connectivity index (χ0n) is 17.3. The minimum absolute atomic E-state index is 0.0668. The van der Waals surface area contributed by atoms with Gasteiger partial charge in [-0.2, -0.15) is 0 Å².